The summed E-state index contributed by atoms with van der Waals surface area (Å²) in [5.74, 6) is 0.678. The van der Waals surface area contributed by atoms with Gasteiger partial charge in [0, 0.05) is 18.2 Å². The molecule has 2 aromatic carbocycles. The first-order chi connectivity index (χ1) is 14.8. The van der Waals surface area contributed by atoms with E-state index in [0.29, 0.717) is 5.95 Å². The molecule has 7 nitrogen and oxygen atoms in total. The number of anilines is 2. The van der Waals surface area contributed by atoms with Gasteiger partial charge in [0.1, 0.15) is 0 Å². The van der Waals surface area contributed by atoms with Crippen LogP contribution in [0.1, 0.15) is 36.1 Å². The summed E-state index contributed by atoms with van der Waals surface area (Å²) in [6, 6.07) is 22.2. The summed E-state index contributed by atoms with van der Waals surface area (Å²) >= 11 is 0. The lowest BCUT2D eigenvalue weighted by atomic mass is 9.86. The first kappa shape index (κ1) is 23.4. The van der Waals surface area contributed by atoms with E-state index >= 15 is 0 Å². The summed E-state index contributed by atoms with van der Waals surface area (Å²) in [7, 11) is 0. The SMILES string of the molecule is Cl.O.O=CN(c1ccccc1)c1nc(C2CCNC(c3ccccc3)C2)c2[nH]ccc2n1. The third kappa shape index (κ3) is 4.50. The number of piperidine rings is 1. The van der Waals surface area contributed by atoms with Crippen LogP contribution in [-0.2, 0) is 4.79 Å². The highest BCUT2D eigenvalue weighted by atomic mass is 35.5. The van der Waals surface area contributed by atoms with Gasteiger partial charge in [-0.2, -0.15) is 0 Å². The summed E-state index contributed by atoms with van der Waals surface area (Å²) in [6.07, 6.45) is 4.60. The summed E-state index contributed by atoms with van der Waals surface area (Å²) in [6.45, 7) is 0.918. The average molecular weight is 452 g/mol. The molecule has 0 bridgehead atoms. The second-order valence-corrected chi connectivity index (χ2v) is 7.60. The number of nitrogens with zero attached hydrogens (tertiary/aromatic N) is 3. The number of benzene rings is 2. The monoisotopic (exact) mass is 451 g/mol. The van der Waals surface area contributed by atoms with Crippen molar-refractivity contribution in [3.63, 3.8) is 0 Å². The quantitative estimate of drug-likeness (QED) is 0.446. The van der Waals surface area contributed by atoms with Crippen molar-refractivity contribution in [2.75, 3.05) is 11.4 Å². The van der Waals surface area contributed by atoms with Crippen LogP contribution in [0.4, 0.5) is 11.6 Å². The minimum Gasteiger partial charge on any atom is -0.412 e. The van der Waals surface area contributed by atoms with Crippen molar-refractivity contribution in [3.8, 4) is 0 Å². The third-order valence-electron chi connectivity index (χ3n) is 5.77. The largest absolute Gasteiger partial charge is 0.412 e. The Balaban J connectivity index is 0.00000144. The third-order valence-corrected chi connectivity index (χ3v) is 5.77. The lowest BCUT2D eigenvalue weighted by Crippen LogP contribution is -2.31. The molecule has 32 heavy (non-hydrogen) atoms. The lowest BCUT2D eigenvalue weighted by molar-refractivity contribution is -0.106. The molecule has 1 aliphatic rings. The zero-order valence-corrected chi connectivity index (χ0v) is 18.3. The van der Waals surface area contributed by atoms with E-state index in [9.17, 15) is 4.79 Å². The van der Waals surface area contributed by atoms with E-state index in [1.165, 1.54) is 10.5 Å². The Morgan fingerprint density at radius 1 is 0.969 bits per heavy atom. The molecule has 0 spiro atoms. The molecule has 2 aromatic heterocycles. The van der Waals surface area contributed by atoms with Crippen LogP contribution in [0.25, 0.3) is 11.0 Å². The van der Waals surface area contributed by atoms with Crippen LogP contribution in [0, 0.1) is 0 Å². The van der Waals surface area contributed by atoms with Gasteiger partial charge in [0.25, 0.3) is 0 Å². The number of fused-ring (bicyclic) bond motifs is 1. The summed E-state index contributed by atoms with van der Waals surface area (Å²) < 4.78 is 0. The standard InChI is InChI=1S/C24H23N5O.ClH.H2O/c30-16-29(19-9-5-2-6-10-19)24-27-20-12-14-26-23(20)22(28-24)18-11-13-25-21(15-18)17-7-3-1-4-8-17;;/h1-10,12,14,16,18,21,25-26H,11,13,15H2;1H;1H2. The summed E-state index contributed by atoms with van der Waals surface area (Å²) in [4.78, 5) is 26.3. The van der Waals surface area contributed by atoms with Crippen LogP contribution in [0.2, 0.25) is 0 Å². The molecule has 1 aliphatic heterocycles. The van der Waals surface area contributed by atoms with Gasteiger partial charge in [0.05, 0.1) is 22.4 Å². The first-order valence-corrected chi connectivity index (χ1v) is 10.3. The average Bonchev–Trinajstić information content (AvgIpc) is 3.29. The Hall–Kier alpha value is -3.26. The van der Waals surface area contributed by atoms with Gasteiger partial charge < -0.3 is 15.8 Å². The number of carbonyl (C=O) groups is 1. The van der Waals surface area contributed by atoms with Crippen LogP contribution in [0.15, 0.2) is 72.9 Å². The second-order valence-electron chi connectivity index (χ2n) is 7.60. The molecule has 0 saturated carbocycles. The van der Waals surface area contributed by atoms with Crippen molar-refractivity contribution in [3.05, 3.63) is 84.2 Å². The fourth-order valence-electron chi connectivity index (χ4n) is 4.28. The molecule has 4 N–H and O–H groups in total. The Labute approximate surface area is 192 Å². The number of amides is 1. The summed E-state index contributed by atoms with van der Waals surface area (Å²) in [5.41, 5.74) is 4.80. The number of hydrogen-bond donors (Lipinski definition) is 2. The van der Waals surface area contributed by atoms with E-state index < -0.39 is 0 Å². The molecule has 0 aliphatic carbocycles. The first-order valence-electron chi connectivity index (χ1n) is 10.3. The van der Waals surface area contributed by atoms with Gasteiger partial charge in [-0.25, -0.2) is 9.97 Å². The molecule has 5 rings (SSSR count). The van der Waals surface area contributed by atoms with Gasteiger partial charge in [-0.1, -0.05) is 48.5 Å². The topological polar surface area (TPSA) is 105 Å². The molecular formula is C24H26ClN5O2. The van der Waals surface area contributed by atoms with Crippen molar-refractivity contribution < 1.29 is 10.3 Å². The number of carbonyl (C=O) groups excluding carboxylic acids is 1. The van der Waals surface area contributed by atoms with Crippen LogP contribution in [0.3, 0.4) is 0 Å². The van der Waals surface area contributed by atoms with E-state index in [1.54, 1.807) is 0 Å². The predicted molar refractivity (Wildman–Crippen MR) is 129 cm³/mol. The fraction of sp³-hybridized carbons (Fsp3) is 0.208. The molecule has 1 saturated heterocycles. The fourth-order valence-corrected chi connectivity index (χ4v) is 4.28. The zero-order valence-electron chi connectivity index (χ0n) is 17.4. The zero-order chi connectivity index (χ0) is 20.3. The van der Waals surface area contributed by atoms with Crippen LogP contribution < -0.4 is 10.2 Å². The highest BCUT2D eigenvalue weighted by Crippen LogP contribution is 2.37. The van der Waals surface area contributed by atoms with Gasteiger partial charge in [-0.15, -0.1) is 12.4 Å². The number of halogens is 1. The Kier molecular flexibility index (Phi) is 7.58. The Morgan fingerprint density at radius 3 is 2.41 bits per heavy atom. The van der Waals surface area contributed by atoms with Crippen LogP contribution in [0.5, 0.6) is 0 Å². The van der Waals surface area contributed by atoms with Gasteiger partial charge in [-0.05, 0) is 43.1 Å². The van der Waals surface area contributed by atoms with Crippen molar-refractivity contribution in [2.45, 2.75) is 24.8 Å². The molecule has 4 aromatic rings. The van der Waals surface area contributed by atoms with Crippen LogP contribution in [-0.4, -0.2) is 33.4 Å². The normalized spacial score (nSPS) is 17.8. The molecule has 3 heterocycles. The molecular weight excluding hydrogens is 426 g/mol. The lowest BCUT2D eigenvalue weighted by Gasteiger charge is -2.31. The van der Waals surface area contributed by atoms with E-state index in [-0.39, 0.29) is 29.8 Å². The number of aromatic amines is 1. The van der Waals surface area contributed by atoms with Crippen LogP contribution >= 0.6 is 12.4 Å². The van der Waals surface area contributed by atoms with Crippen molar-refractivity contribution in [1.29, 1.82) is 0 Å². The van der Waals surface area contributed by atoms with Gasteiger partial charge in [0.15, 0.2) is 0 Å². The van der Waals surface area contributed by atoms with Crippen molar-refractivity contribution in [2.24, 2.45) is 0 Å². The number of aromatic nitrogens is 3. The molecule has 0 radical (unpaired) electrons. The number of hydrogen-bond acceptors (Lipinski definition) is 4. The maximum Gasteiger partial charge on any atom is 0.237 e. The Bertz CT molecular complexity index is 1150. The minimum atomic E-state index is 0. The van der Waals surface area contributed by atoms with Gasteiger partial charge in [0.2, 0.25) is 12.4 Å². The molecule has 166 valence electrons. The maximum atomic E-state index is 11.9. The molecule has 1 amide bonds. The maximum absolute atomic E-state index is 11.9. The Morgan fingerprint density at radius 2 is 1.69 bits per heavy atom. The van der Waals surface area contributed by atoms with Gasteiger partial charge >= 0.3 is 0 Å². The van der Waals surface area contributed by atoms with E-state index in [4.69, 9.17) is 4.98 Å². The van der Waals surface area contributed by atoms with E-state index in [2.05, 4.69) is 39.6 Å². The van der Waals surface area contributed by atoms with Gasteiger partial charge in [-0.3, -0.25) is 9.69 Å². The highest BCUT2D eigenvalue weighted by Gasteiger charge is 2.28. The molecule has 1 fully saturated rings. The molecule has 2 atom stereocenters. The highest BCUT2D eigenvalue weighted by molar-refractivity contribution is 5.87. The molecule has 8 heteroatoms. The number of rotatable bonds is 5. The second kappa shape index (κ2) is 10.4. The van der Waals surface area contributed by atoms with Crippen molar-refractivity contribution >= 4 is 41.5 Å². The smallest absolute Gasteiger partial charge is 0.237 e. The predicted octanol–water partition coefficient (Wildman–Crippen LogP) is 4.06. The van der Waals surface area contributed by atoms with Crippen molar-refractivity contribution in [1.82, 2.24) is 20.3 Å². The molecule has 2 unspecified atom stereocenters. The number of nitrogens with one attached hydrogen (secondary N) is 2. The number of para-hydroxylation sites is 1. The van der Waals surface area contributed by atoms with E-state index in [0.717, 1.165) is 48.2 Å². The number of H-pyrrole nitrogens is 1. The minimum absolute atomic E-state index is 0. The summed E-state index contributed by atoms with van der Waals surface area (Å²) in [5, 5.41) is 3.63. The van der Waals surface area contributed by atoms with E-state index in [1.807, 2.05) is 48.7 Å².